The van der Waals surface area contributed by atoms with Crippen LogP contribution in [0.3, 0.4) is 0 Å². The summed E-state index contributed by atoms with van der Waals surface area (Å²) in [6.45, 7) is 0.694. The largest absolute Gasteiger partial charge is 0.445 e. The molecule has 2 aliphatic rings. The van der Waals surface area contributed by atoms with E-state index in [-0.39, 0.29) is 30.4 Å². The zero-order valence-electron chi connectivity index (χ0n) is 16.2. The van der Waals surface area contributed by atoms with E-state index < -0.39 is 6.09 Å². The molecule has 1 heterocycles. The molecular formula is C23H24N2O4. The van der Waals surface area contributed by atoms with Gasteiger partial charge in [0.1, 0.15) is 6.61 Å². The van der Waals surface area contributed by atoms with E-state index in [4.69, 9.17) is 4.74 Å². The fraction of sp³-hybridized carbons (Fsp3) is 0.348. The second-order valence-electron chi connectivity index (χ2n) is 7.69. The summed E-state index contributed by atoms with van der Waals surface area (Å²) in [4.78, 5) is 38.4. The van der Waals surface area contributed by atoms with Gasteiger partial charge in [0.05, 0.1) is 11.1 Å². The van der Waals surface area contributed by atoms with E-state index in [1.54, 1.807) is 24.3 Å². The quantitative estimate of drug-likeness (QED) is 0.786. The SMILES string of the molecule is O=C(NC1CCC(CN2C(=O)c3ccccc3C2=O)CC1)OCc1ccccc1. The number of fused-ring (bicyclic) bond motifs is 1. The number of benzene rings is 2. The number of hydrogen-bond acceptors (Lipinski definition) is 4. The maximum absolute atomic E-state index is 12.5. The summed E-state index contributed by atoms with van der Waals surface area (Å²) in [7, 11) is 0. The Morgan fingerprint density at radius 3 is 2.10 bits per heavy atom. The van der Waals surface area contributed by atoms with Crippen molar-refractivity contribution in [2.45, 2.75) is 38.3 Å². The average Bonchev–Trinajstić information content (AvgIpc) is 2.99. The third kappa shape index (κ3) is 4.31. The number of carbonyl (C=O) groups is 3. The molecule has 0 spiro atoms. The zero-order chi connectivity index (χ0) is 20.2. The van der Waals surface area contributed by atoms with Crippen LogP contribution < -0.4 is 5.32 Å². The summed E-state index contributed by atoms with van der Waals surface area (Å²) in [5.41, 5.74) is 1.94. The highest BCUT2D eigenvalue weighted by atomic mass is 16.5. The van der Waals surface area contributed by atoms with Crippen molar-refractivity contribution in [1.82, 2.24) is 10.2 Å². The van der Waals surface area contributed by atoms with Gasteiger partial charge in [-0.2, -0.15) is 0 Å². The molecule has 1 fully saturated rings. The van der Waals surface area contributed by atoms with Crippen LogP contribution in [0.2, 0.25) is 0 Å². The molecule has 2 aromatic rings. The molecule has 2 aromatic carbocycles. The molecule has 3 amide bonds. The molecule has 0 atom stereocenters. The first-order valence-electron chi connectivity index (χ1n) is 10.0. The van der Waals surface area contributed by atoms with E-state index in [0.29, 0.717) is 17.7 Å². The predicted molar refractivity (Wildman–Crippen MR) is 107 cm³/mol. The summed E-state index contributed by atoms with van der Waals surface area (Å²) in [6, 6.07) is 16.6. The Kier molecular flexibility index (Phi) is 5.60. The van der Waals surface area contributed by atoms with Crippen LogP contribution in [-0.2, 0) is 11.3 Å². The topological polar surface area (TPSA) is 75.7 Å². The standard InChI is InChI=1S/C23H24N2O4/c26-21-19-8-4-5-9-20(19)22(27)25(21)14-16-10-12-18(13-11-16)24-23(28)29-15-17-6-2-1-3-7-17/h1-9,16,18H,10-15H2,(H,24,28). The lowest BCUT2D eigenvalue weighted by atomic mass is 9.85. The highest BCUT2D eigenvalue weighted by Gasteiger charge is 2.37. The molecule has 150 valence electrons. The minimum Gasteiger partial charge on any atom is -0.445 e. The number of carbonyl (C=O) groups excluding carboxylic acids is 3. The van der Waals surface area contributed by atoms with Gasteiger partial charge in [0, 0.05) is 12.6 Å². The van der Waals surface area contributed by atoms with E-state index in [1.807, 2.05) is 30.3 Å². The maximum Gasteiger partial charge on any atom is 0.407 e. The molecule has 6 heteroatoms. The Morgan fingerprint density at radius 1 is 0.897 bits per heavy atom. The van der Waals surface area contributed by atoms with Crippen LogP contribution in [-0.4, -0.2) is 35.4 Å². The van der Waals surface area contributed by atoms with Gasteiger partial charge in [0.15, 0.2) is 0 Å². The van der Waals surface area contributed by atoms with Gasteiger partial charge < -0.3 is 10.1 Å². The molecule has 1 aliphatic heterocycles. The van der Waals surface area contributed by atoms with E-state index in [9.17, 15) is 14.4 Å². The normalized spacial score (nSPS) is 21.0. The van der Waals surface area contributed by atoms with E-state index in [2.05, 4.69) is 5.32 Å². The van der Waals surface area contributed by atoms with Gasteiger partial charge in [0.2, 0.25) is 0 Å². The van der Waals surface area contributed by atoms with Gasteiger partial charge in [-0.05, 0) is 49.3 Å². The molecule has 0 radical (unpaired) electrons. The van der Waals surface area contributed by atoms with Crippen molar-refractivity contribution in [3.05, 3.63) is 71.3 Å². The highest BCUT2D eigenvalue weighted by Crippen LogP contribution is 2.29. The number of ether oxygens (including phenoxy) is 1. The molecular weight excluding hydrogens is 368 g/mol. The summed E-state index contributed by atoms with van der Waals surface area (Å²) in [5, 5.41) is 2.93. The van der Waals surface area contributed by atoms with Gasteiger partial charge in [0.25, 0.3) is 11.8 Å². The highest BCUT2D eigenvalue weighted by molar-refractivity contribution is 6.21. The fourth-order valence-corrected chi connectivity index (χ4v) is 4.08. The summed E-state index contributed by atoms with van der Waals surface area (Å²) >= 11 is 0. The lowest BCUT2D eigenvalue weighted by Gasteiger charge is -2.30. The molecule has 0 bridgehead atoms. The lowest BCUT2D eigenvalue weighted by Crippen LogP contribution is -2.41. The summed E-state index contributed by atoms with van der Waals surface area (Å²) < 4.78 is 5.28. The van der Waals surface area contributed by atoms with Crippen molar-refractivity contribution in [3.8, 4) is 0 Å². The Balaban J connectivity index is 1.22. The molecule has 0 saturated heterocycles. The second kappa shape index (κ2) is 8.47. The first kappa shape index (κ1) is 19.2. The Bertz CT molecular complexity index is 869. The Hall–Kier alpha value is -3.15. The molecule has 1 N–H and O–H groups in total. The van der Waals surface area contributed by atoms with Crippen LogP contribution in [0.4, 0.5) is 4.79 Å². The lowest BCUT2D eigenvalue weighted by molar-refractivity contribution is 0.0613. The molecule has 6 nitrogen and oxygen atoms in total. The first-order valence-corrected chi connectivity index (χ1v) is 10.0. The predicted octanol–water partition coefficient (Wildman–Crippen LogP) is 3.77. The Labute approximate surface area is 169 Å². The van der Waals surface area contributed by atoms with Gasteiger partial charge in [-0.3, -0.25) is 14.5 Å². The monoisotopic (exact) mass is 392 g/mol. The summed E-state index contributed by atoms with van der Waals surface area (Å²) in [6.07, 6.45) is 2.94. The van der Waals surface area contributed by atoms with Crippen LogP contribution in [0.5, 0.6) is 0 Å². The third-order valence-corrected chi connectivity index (χ3v) is 5.70. The smallest absolute Gasteiger partial charge is 0.407 e. The average molecular weight is 392 g/mol. The van der Waals surface area contributed by atoms with E-state index in [1.165, 1.54) is 4.90 Å². The number of amides is 3. The van der Waals surface area contributed by atoms with Crippen molar-refractivity contribution in [3.63, 3.8) is 0 Å². The number of nitrogens with zero attached hydrogens (tertiary/aromatic N) is 1. The van der Waals surface area contributed by atoms with Crippen LogP contribution >= 0.6 is 0 Å². The van der Waals surface area contributed by atoms with Gasteiger partial charge >= 0.3 is 6.09 Å². The van der Waals surface area contributed by atoms with Crippen LogP contribution in [0, 0.1) is 5.92 Å². The number of imide groups is 1. The second-order valence-corrected chi connectivity index (χ2v) is 7.69. The van der Waals surface area contributed by atoms with Gasteiger partial charge in [-0.15, -0.1) is 0 Å². The fourth-order valence-electron chi connectivity index (χ4n) is 4.08. The Morgan fingerprint density at radius 2 is 1.48 bits per heavy atom. The van der Waals surface area contributed by atoms with Crippen LogP contribution in [0.15, 0.2) is 54.6 Å². The molecule has 29 heavy (non-hydrogen) atoms. The molecule has 1 aliphatic carbocycles. The maximum atomic E-state index is 12.5. The third-order valence-electron chi connectivity index (χ3n) is 5.70. The van der Waals surface area contributed by atoms with E-state index in [0.717, 1.165) is 31.2 Å². The van der Waals surface area contributed by atoms with Gasteiger partial charge in [-0.1, -0.05) is 42.5 Å². The van der Waals surface area contributed by atoms with Crippen LogP contribution in [0.25, 0.3) is 0 Å². The van der Waals surface area contributed by atoms with Crippen molar-refractivity contribution in [2.75, 3.05) is 6.54 Å². The number of nitrogens with one attached hydrogen (secondary N) is 1. The summed E-state index contributed by atoms with van der Waals surface area (Å²) in [5.74, 6) is -0.138. The number of rotatable bonds is 5. The zero-order valence-corrected chi connectivity index (χ0v) is 16.2. The molecule has 1 saturated carbocycles. The van der Waals surface area contributed by atoms with Gasteiger partial charge in [-0.25, -0.2) is 4.79 Å². The van der Waals surface area contributed by atoms with Crippen LogP contribution in [0.1, 0.15) is 52.0 Å². The van der Waals surface area contributed by atoms with Crippen molar-refractivity contribution in [2.24, 2.45) is 5.92 Å². The minimum absolute atomic E-state index is 0.0664. The van der Waals surface area contributed by atoms with Crippen molar-refractivity contribution >= 4 is 17.9 Å². The molecule has 4 rings (SSSR count). The minimum atomic E-state index is -0.405. The molecule has 0 aromatic heterocycles. The molecule has 0 unspecified atom stereocenters. The van der Waals surface area contributed by atoms with E-state index >= 15 is 0 Å². The van der Waals surface area contributed by atoms with Crippen molar-refractivity contribution < 1.29 is 19.1 Å². The number of alkyl carbamates (subject to hydrolysis) is 1. The first-order chi connectivity index (χ1) is 14.1. The van der Waals surface area contributed by atoms with Crippen molar-refractivity contribution in [1.29, 1.82) is 0 Å². The number of hydrogen-bond donors (Lipinski definition) is 1.